The van der Waals surface area contributed by atoms with E-state index in [4.69, 9.17) is 5.11 Å². The summed E-state index contributed by atoms with van der Waals surface area (Å²) in [5.41, 5.74) is -0.832. The Morgan fingerprint density at radius 2 is 1.96 bits per heavy atom. The van der Waals surface area contributed by atoms with E-state index in [0.29, 0.717) is 11.0 Å². The quantitative estimate of drug-likeness (QED) is 0.628. The Labute approximate surface area is 126 Å². The summed E-state index contributed by atoms with van der Waals surface area (Å²) in [6.45, 7) is -0.741. The second kappa shape index (κ2) is 6.24. The Hall–Kier alpha value is -2.62. The van der Waals surface area contributed by atoms with Crippen LogP contribution in [0.3, 0.4) is 0 Å². The lowest BCUT2D eigenvalue weighted by Gasteiger charge is -2.16. The van der Waals surface area contributed by atoms with E-state index in [9.17, 15) is 27.2 Å². The minimum atomic E-state index is -5.01. The number of carbonyl (C=O) groups is 2. The van der Waals surface area contributed by atoms with E-state index < -0.39 is 42.0 Å². The topological polar surface area (TPSA) is 78.9 Å². The number of aliphatic hydroxyl groups is 1. The number of amides is 2. The highest BCUT2D eigenvalue weighted by Crippen LogP contribution is 2.32. The van der Waals surface area contributed by atoms with Crippen LogP contribution in [-0.2, 0) is 9.59 Å². The van der Waals surface area contributed by atoms with Gasteiger partial charge in [0.05, 0.1) is 18.8 Å². The Balaban J connectivity index is 2.26. The number of ether oxygens (including phenoxy) is 1. The van der Waals surface area contributed by atoms with E-state index in [2.05, 4.69) is 10.1 Å². The number of aliphatic hydroxyl groups excluding tert-OH is 1. The molecule has 2 amide bonds. The fourth-order valence-corrected chi connectivity index (χ4v) is 1.87. The lowest BCUT2D eigenvalue weighted by Crippen LogP contribution is -2.34. The average Bonchev–Trinajstić information content (AvgIpc) is 2.69. The molecule has 1 aromatic carbocycles. The van der Waals surface area contributed by atoms with E-state index in [-0.39, 0.29) is 12.2 Å². The van der Waals surface area contributed by atoms with Gasteiger partial charge in [-0.3, -0.25) is 14.5 Å². The zero-order chi connectivity index (χ0) is 17.2. The number of alkyl halides is 3. The van der Waals surface area contributed by atoms with E-state index in [1.807, 2.05) is 0 Å². The fraction of sp³-hybridized carbons (Fsp3) is 0.231. The van der Waals surface area contributed by atoms with Crippen LogP contribution in [0.5, 0.6) is 5.75 Å². The van der Waals surface area contributed by atoms with Crippen molar-refractivity contribution in [2.24, 2.45) is 0 Å². The van der Waals surface area contributed by atoms with Crippen LogP contribution in [0.15, 0.2) is 30.0 Å². The summed E-state index contributed by atoms with van der Waals surface area (Å²) in [6, 6.07) is 2.17. The molecule has 0 spiro atoms. The second-order valence-electron chi connectivity index (χ2n) is 4.39. The third kappa shape index (κ3) is 3.97. The molecule has 0 aromatic heterocycles. The van der Waals surface area contributed by atoms with E-state index in [1.165, 1.54) is 0 Å². The largest absolute Gasteiger partial charge is 0.573 e. The highest BCUT2D eigenvalue weighted by Gasteiger charge is 2.34. The van der Waals surface area contributed by atoms with Gasteiger partial charge in [0.15, 0.2) is 5.75 Å². The van der Waals surface area contributed by atoms with Crippen LogP contribution in [0.25, 0.3) is 0 Å². The van der Waals surface area contributed by atoms with Crippen LogP contribution >= 0.6 is 0 Å². The van der Waals surface area contributed by atoms with Gasteiger partial charge in [-0.1, -0.05) is 0 Å². The predicted molar refractivity (Wildman–Crippen MR) is 68.6 cm³/mol. The fourth-order valence-electron chi connectivity index (χ4n) is 1.87. The molecule has 2 rings (SSSR count). The van der Waals surface area contributed by atoms with Crippen molar-refractivity contribution in [1.29, 1.82) is 0 Å². The summed E-state index contributed by atoms with van der Waals surface area (Å²) in [7, 11) is 0. The summed E-state index contributed by atoms with van der Waals surface area (Å²) < 4.78 is 53.9. The molecule has 0 aliphatic carbocycles. The van der Waals surface area contributed by atoms with Gasteiger partial charge in [0.25, 0.3) is 11.8 Å². The first-order valence-electron chi connectivity index (χ1n) is 6.22. The molecule has 1 aromatic rings. The number of benzene rings is 1. The van der Waals surface area contributed by atoms with Crippen molar-refractivity contribution in [2.45, 2.75) is 6.36 Å². The van der Waals surface area contributed by atoms with Crippen molar-refractivity contribution >= 4 is 17.5 Å². The first-order chi connectivity index (χ1) is 10.7. The molecule has 1 aliphatic rings. The number of carbonyl (C=O) groups excluding carboxylic acids is 2. The number of imide groups is 1. The number of hydrogen-bond acceptors (Lipinski definition) is 5. The number of halogens is 4. The molecule has 124 valence electrons. The maximum atomic E-state index is 13.2. The maximum Gasteiger partial charge on any atom is 0.573 e. The smallest absolute Gasteiger partial charge is 0.404 e. The van der Waals surface area contributed by atoms with Crippen molar-refractivity contribution in [1.82, 2.24) is 4.90 Å². The van der Waals surface area contributed by atoms with Crippen molar-refractivity contribution in [3.05, 3.63) is 35.8 Å². The SMILES string of the molecule is O=C1C=C(Nc2cc(F)ccc2OC(F)(F)F)C(=O)N1CCO. The average molecular weight is 334 g/mol. The van der Waals surface area contributed by atoms with Gasteiger partial charge in [-0.25, -0.2) is 4.39 Å². The van der Waals surface area contributed by atoms with Crippen LogP contribution in [0.4, 0.5) is 23.2 Å². The summed E-state index contributed by atoms with van der Waals surface area (Å²) in [6.07, 6.45) is -4.18. The molecule has 0 saturated heterocycles. The molecule has 10 heteroatoms. The van der Waals surface area contributed by atoms with Gasteiger partial charge in [0.1, 0.15) is 11.5 Å². The lowest BCUT2D eigenvalue weighted by atomic mass is 10.2. The highest BCUT2D eigenvalue weighted by atomic mass is 19.4. The molecule has 23 heavy (non-hydrogen) atoms. The Morgan fingerprint density at radius 1 is 1.26 bits per heavy atom. The first kappa shape index (κ1) is 16.7. The molecular weight excluding hydrogens is 324 g/mol. The van der Waals surface area contributed by atoms with Crippen molar-refractivity contribution in [2.75, 3.05) is 18.5 Å². The summed E-state index contributed by atoms with van der Waals surface area (Å²) in [5.74, 6) is -3.24. The van der Waals surface area contributed by atoms with Gasteiger partial charge in [-0.2, -0.15) is 0 Å². The molecule has 0 saturated carbocycles. The first-order valence-corrected chi connectivity index (χ1v) is 6.22. The van der Waals surface area contributed by atoms with E-state index >= 15 is 0 Å². The number of rotatable bonds is 5. The molecule has 1 aliphatic heterocycles. The van der Waals surface area contributed by atoms with E-state index in [0.717, 1.165) is 18.2 Å². The van der Waals surface area contributed by atoms with Gasteiger partial charge >= 0.3 is 6.36 Å². The molecular formula is C13H10F4N2O4. The molecule has 6 nitrogen and oxygen atoms in total. The number of nitrogens with one attached hydrogen (secondary N) is 1. The highest BCUT2D eigenvalue weighted by molar-refractivity contribution is 6.17. The van der Waals surface area contributed by atoms with Crippen LogP contribution in [0, 0.1) is 5.82 Å². The third-order valence-corrected chi connectivity index (χ3v) is 2.77. The Bertz CT molecular complexity index is 672. The van der Waals surface area contributed by atoms with Crippen LogP contribution in [0.2, 0.25) is 0 Å². The normalized spacial score (nSPS) is 15.0. The lowest BCUT2D eigenvalue weighted by molar-refractivity contribution is -0.274. The zero-order valence-corrected chi connectivity index (χ0v) is 11.4. The molecule has 0 atom stereocenters. The van der Waals surface area contributed by atoms with Gasteiger partial charge in [-0.15, -0.1) is 13.2 Å². The van der Waals surface area contributed by atoms with Gasteiger partial charge in [-0.05, 0) is 12.1 Å². The van der Waals surface area contributed by atoms with Crippen molar-refractivity contribution in [3.8, 4) is 5.75 Å². The minimum Gasteiger partial charge on any atom is -0.404 e. The predicted octanol–water partition coefficient (Wildman–Crippen LogP) is 1.38. The summed E-state index contributed by atoms with van der Waals surface area (Å²) >= 11 is 0. The molecule has 0 fully saturated rings. The van der Waals surface area contributed by atoms with E-state index in [1.54, 1.807) is 0 Å². The minimum absolute atomic E-state index is 0.269. The number of β-amino-alcohol motifs (C(OH)–C–C–N with tert-alkyl or cyclic N) is 1. The van der Waals surface area contributed by atoms with Crippen LogP contribution in [-0.4, -0.2) is 41.3 Å². The van der Waals surface area contributed by atoms with Crippen molar-refractivity contribution < 1.29 is 37.0 Å². The second-order valence-corrected chi connectivity index (χ2v) is 4.39. The van der Waals surface area contributed by atoms with Crippen molar-refractivity contribution in [3.63, 3.8) is 0 Å². The number of anilines is 1. The maximum absolute atomic E-state index is 13.2. The number of hydrogen-bond donors (Lipinski definition) is 2. The Kier molecular flexibility index (Phi) is 4.55. The van der Waals surface area contributed by atoms with Crippen LogP contribution < -0.4 is 10.1 Å². The summed E-state index contributed by atoms with van der Waals surface area (Å²) in [4.78, 5) is 24.1. The molecule has 0 unspecified atom stereocenters. The number of nitrogens with zero attached hydrogens (tertiary/aromatic N) is 1. The molecule has 2 N–H and O–H groups in total. The van der Waals surface area contributed by atoms with Gasteiger partial charge in [0, 0.05) is 12.1 Å². The molecule has 1 heterocycles. The van der Waals surface area contributed by atoms with Gasteiger partial charge in [0.2, 0.25) is 0 Å². The molecule has 0 radical (unpaired) electrons. The zero-order valence-electron chi connectivity index (χ0n) is 11.4. The van der Waals surface area contributed by atoms with Crippen LogP contribution in [0.1, 0.15) is 0 Å². The Morgan fingerprint density at radius 3 is 2.57 bits per heavy atom. The monoisotopic (exact) mass is 334 g/mol. The summed E-state index contributed by atoms with van der Waals surface area (Å²) in [5, 5.41) is 11.0. The van der Waals surface area contributed by atoms with Gasteiger partial charge < -0.3 is 15.2 Å². The standard InChI is InChI=1S/C13H10F4N2O4/c14-7-1-2-10(23-13(15,16)17)8(5-7)18-9-6-11(21)19(3-4-20)12(9)22/h1-2,5-6,18,20H,3-4H2. The molecule has 0 bridgehead atoms. The third-order valence-electron chi connectivity index (χ3n) is 2.77.